The van der Waals surface area contributed by atoms with Crippen molar-refractivity contribution in [2.24, 2.45) is 0 Å². The predicted octanol–water partition coefficient (Wildman–Crippen LogP) is 3.28. The smallest absolute Gasteiger partial charge is 0.223 e. The van der Waals surface area contributed by atoms with E-state index in [-0.39, 0.29) is 0 Å². The van der Waals surface area contributed by atoms with Crippen LogP contribution in [0.25, 0.3) is 11.3 Å². The maximum Gasteiger partial charge on any atom is 0.223 e. The Morgan fingerprint density at radius 1 is 1.16 bits per heavy atom. The largest absolute Gasteiger partial charge is 0.497 e. The van der Waals surface area contributed by atoms with E-state index in [0.717, 1.165) is 35.7 Å². The summed E-state index contributed by atoms with van der Waals surface area (Å²) >= 11 is 0. The summed E-state index contributed by atoms with van der Waals surface area (Å²) in [5.41, 5.74) is 2.94. The van der Waals surface area contributed by atoms with E-state index in [0.29, 0.717) is 5.95 Å². The van der Waals surface area contributed by atoms with Crippen molar-refractivity contribution in [1.29, 1.82) is 0 Å². The second-order valence-electron chi connectivity index (χ2n) is 4.37. The Balaban J connectivity index is 2.29. The summed E-state index contributed by atoms with van der Waals surface area (Å²) < 4.78 is 5.16. The highest BCUT2D eigenvalue weighted by atomic mass is 16.5. The fourth-order valence-electron chi connectivity index (χ4n) is 1.79. The predicted molar refractivity (Wildman–Crippen MR) is 77.5 cm³/mol. The first-order chi connectivity index (χ1) is 9.22. The van der Waals surface area contributed by atoms with Gasteiger partial charge in [-0.1, -0.05) is 6.92 Å². The number of anilines is 1. The molecule has 0 unspecified atom stereocenters. The third kappa shape index (κ3) is 3.44. The summed E-state index contributed by atoms with van der Waals surface area (Å²) in [6, 6.07) is 9.87. The minimum atomic E-state index is 0.688. The van der Waals surface area contributed by atoms with Crippen LogP contribution >= 0.6 is 0 Å². The highest BCUT2D eigenvalue weighted by Crippen LogP contribution is 2.22. The number of ether oxygens (including phenoxy) is 1. The van der Waals surface area contributed by atoms with Crippen LogP contribution in [0, 0.1) is 6.92 Å². The van der Waals surface area contributed by atoms with Gasteiger partial charge in [-0.15, -0.1) is 0 Å². The molecular weight excluding hydrogens is 238 g/mol. The molecule has 4 heteroatoms. The van der Waals surface area contributed by atoms with E-state index in [1.54, 1.807) is 7.11 Å². The molecule has 1 aromatic carbocycles. The van der Waals surface area contributed by atoms with Gasteiger partial charge in [0.25, 0.3) is 0 Å². The summed E-state index contributed by atoms with van der Waals surface area (Å²) in [6.07, 6.45) is 1.05. The van der Waals surface area contributed by atoms with E-state index in [9.17, 15) is 0 Å². The lowest BCUT2D eigenvalue weighted by Crippen LogP contribution is -2.05. The highest BCUT2D eigenvalue weighted by molar-refractivity contribution is 5.61. The average molecular weight is 257 g/mol. The van der Waals surface area contributed by atoms with Crippen LogP contribution in [0.15, 0.2) is 30.3 Å². The van der Waals surface area contributed by atoms with Crippen LogP contribution in [0.2, 0.25) is 0 Å². The highest BCUT2D eigenvalue weighted by Gasteiger charge is 2.04. The van der Waals surface area contributed by atoms with Gasteiger partial charge < -0.3 is 10.1 Å². The Kier molecular flexibility index (Phi) is 4.34. The number of rotatable bonds is 5. The minimum absolute atomic E-state index is 0.688. The maximum absolute atomic E-state index is 5.16. The van der Waals surface area contributed by atoms with E-state index in [1.807, 2.05) is 37.3 Å². The average Bonchev–Trinajstić information content (AvgIpc) is 2.44. The van der Waals surface area contributed by atoms with E-state index in [4.69, 9.17) is 4.74 Å². The van der Waals surface area contributed by atoms with Gasteiger partial charge >= 0.3 is 0 Å². The molecule has 0 fully saturated rings. The van der Waals surface area contributed by atoms with Crippen molar-refractivity contribution in [3.63, 3.8) is 0 Å². The quantitative estimate of drug-likeness (QED) is 0.893. The van der Waals surface area contributed by atoms with Crippen molar-refractivity contribution in [3.8, 4) is 17.0 Å². The number of aromatic nitrogens is 2. The fourth-order valence-corrected chi connectivity index (χ4v) is 1.79. The molecule has 1 aromatic heterocycles. The molecule has 0 radical (unpaired) electrons. The number of hydrogen-bond acceptors (Lipinski definition) is 4. The Morgan fingerprint density at radius 3 is 2.53 bits per heavy atom. The topological polar surface area (TPSA) is 47.0 Å². The van der Waals surface area contributed by atoms with Crippen LogP contribution in [0.4, 0.5) is 5.95 Å². The molecule has 0 saturated heterocycles. The van der Waals surface area contributed by atoms with Gasteiger partial charge in [0.05, 0.1) is 12.8 Å². The van der Waals surface area contributed by atoms with E-state index in [1.165, 1.54) is 0 Å². The van der Waals surface area contributed by atoms with E-state index < -0.39 is 0 Å². The molecule has 4 nitrogen and oxygen atoms in total. The molecule has 1 heterocycles. The zero-order valence-electron chi connectivity index (χ0n) is 11.6. The van der Waals surface area contributed by atoms with Crippen LogP contribution in [0.5, 0.6) is 5.75 Å². The lowest BCUT2D eigenvalue weighted by molar-refractivity contribution is 0.415. The number of nitrogens with one attached hydrogen (secondary N) is 1. The van der Waals surface area contributed by atoms with Gasteiger partial charge in [-0.05, 0) is 43.7 Å². The molecule has 2 rings (SSSR count). The van der Waals surface area contributed by atoms with Gasteiger partial charge in [-0.25, -0.2) is 9.97 Å². The van der Waals surface area contributed by atoms with Crippen molar-refractivity contribution in [2.45, 2.75) is 20.3 Å². The van der Waals surface area contributed by atoms with Gasteiger partial charge in [0.1, 0.15) is 5.75 Å². The van der Waals surface area contributed by atoms with Gasteiger partial charge in [0.15, 0.2) is 0 Å². The summed E-state index contributed by atoms with van der Waals surface area (Å²) in [7, 11) is 1.66. The summed E-state index contributed by atoms with van der Waals surface area (Å²) in [6.45, 7) is 4.98. The van der Waals surface area contributed by atoms with Crippen molar-refractivity contribution in [2.75, 3.05) is 19.0 Å². The molecule has 0 atom stereocenters. The van der Waals surface area contributed by atoms with Crippen LogP contribution in [0.3, 0.4) is 0 Å². The van der Waals surface area contributed by atoms with Crippen molar-refractivity contribution in [1.82, 2.24) is 9.97 Å². The fraction of sp³-hybridized carbons (Fsp3) is 0.333. The van der Waals surface area contributed by atoms with Crippen LogP contribution in [-0.2, 0) is 0 Å². The molecular formula is C15H19N3O. The molecule has 0 saturated carbocycles. The number of hydrogen-bond donors (Lipinski definition) is 1. The molecule has 1 N–H and O–H groups in total. The van der Waals surface area contributed by atoms with Gasteiger partial charge in [-0.2, -0.15) is 0 Å². The molecule has 0 aliphatic rings. The number of aryl methyl sites for hydroxylation is 1. The first kappa shape index (κ1) is 13.3. The standard InChI is InChI=1S/C15H19N3O/c1-4-9-16-15-17-11(2)10-14(18-15)12-5-7-13(19-3)8-6-12/h5-8,10H,4,9H2,1-3H3,(H,16,17,18). The third-order valence-corrected chi connectivity index (χ3v) is 2.77. The summed E-state index contributed by atoms with van der Waals surface area (Å²) in [5, 5.41) is 3.22. The molecule has 100 valence electrons. The minimum Gasteiger partial charge on any atom is -0.497 e. The van der Waals surface area contributed by atoms with Crippen molar-refractivity contribution < 1.29 is 4.74 Å². The number of nitrogens with zero attached hydrogens (tertiary/aromatic N) is 2. The third-order valence-electron chi connectivity index (χ3n) is 2.77. The zero-order valence-corrected chi connectivity index (χ0v) is 11.6. The molecule has 0 aliphatic carbocycles. The molecule has 2 aromatic rings. The summed E-state index contributed by atoms with van der Waals surface area (Å²) in [4.78, 5) is 8.92. The van der Waals surface area contributed by atoms with Gasteiger partial charge in [0, 0.05) is 17.8 Å². The zero-order chi connectivity index (χ0) is 13.7. The monoisotopic (exact) mass is 257 g/mol. The first-order valence-electron chi connectivity index (χ1n) is 6.47. The second-order valence-corrected chi connectivity index (χ2v) is 4.37. The Labute approximate surface area is 113 Å². The van der Waals surface area contributed by atoms with Gasteiger partial charge in [-0.3, -0.25) is 0 Å². The van der Waals surface area contributed by atoms with Gasteiger partial charge in [0.2, 0.25) is 5.95 Å². The van der Waals surface area contributed by atoms with E-state index in [2.05, 4.69) is 22.2 Å². The molecule has 0 spiro atoms. The maximum atomic E-state index is 5.16. The number of benzene rings is 1. The summed E-state index contributed by atoms with van der Waals surface area (Å²) in [5.74, 6) is 1.53. The first-order valence-corrected chi connectivity index (χ1v) is 6.47. The molecule has 0 amide bonds. The van der Waals surface area contributed by atoms with Crippen molar-refractivity contribution >= 4 is 5.95 Å². The lowest BCUT2D eigenvalue weighted by Gasteiger charge is -2.08. The normalized spacial score (nSPS) is 10.3. The van der Waals surface area contributed by atoms with Crippen LogP contribution in [0.1, 0.15) is 19.0 Å². The Hall–Kier alpha value is -2.10. The van der Waals surface area contributed by atoms with Crippen LogP contribution < -0.4 is 10.1 Å². The number of methoxy groups -OCH3 is 1. The van der Waals surface area contributed by atoms with E-state index >= 15 is 0 Å². The lowest BCUT2D eigenvalue weighted by atomic mass is 10.1. The Morgan fingerprint density at radius 2 is 1.89 bits per heavy atom. The molecule has 19 heavy (non-hydrogen) atoms. The second kappa shape index (κ2) is 6.18. The SMILES string of the molecule is CCCNc1nc(C)cc(-c2ccc(OC)cc2)n1. The van der Waals surface area contributed by atoms with Crippen molar-refractivity contribution in [3.05, 3.63) is 36.0 Å². The Bertz CT molecular complexity index is 538. The van der Waals surface area contributed by atoms with Crippen LogP contribution in [-0.4, -0.2) is 23.6 Å². The molecule has 0 aliphatic heterocycles. The molecule has 0 bridgehead atoms.